The fraction of sp³-hybridized carbons (Fsp3) is 0.600. The molecule has 1 N–H and O–H groups in total. The second-order valence-electron chi connectivity index (χ2n) is 4.79. The SMILES string of the molecule is CNCc1cc(F)ccc1N(CCOC)C(C)COC. The van der Waals surface area contributed by atoms with Gasteiger partial charge in [0.2, 0.25) is 0 Å². The predicted octanol–water partition coefficient (Wildman–Crippen LogP) is 2.03. The van der Waals surface area contributed by atoms with E-state index in [2.05, 4.69) is 17.1 Å². The maximum Gasteiger partial charge on any atom is 0.123 e. The molecule has 0 saturated carbocycles. The lowest BCUT2D eigenvalue weighted by Gasteiger charge is -2.32. The van der Waals surface area contributed by atoms with Crippen molar-refractivity contribution in [1.29, 1.82) is 0 Å². The third-order valence-corrected chi connectivity index (χ3v) is 3.19. The molecule has 0 spiro atoms. The molecule has 1 unspecified atom stereocenters. The summed E-state index contributed by atoms with van der Waals surface area (Å²) in [4.78, 5) is 2.19. The molecule has 114 valence electrons. The van der Waals surface area contributed by atoms with Gasteiger partial charge in [0, 0.05) is 39.0 Å². The van der Waals surface area contributed by atoms with Gasteiger partial charge in [-0.1, -0.05) is 0 Å². The summed E-state index contributed by atoms with van der Waals surface area (Å²) in [5, 5.41) is 3.08. The Hall–Kier alpha value is -1.17. The molecule has 0 radical (unpaired) electrons. The van der Waals surface area contributed by atoms with Crippen molar-refractivity contribution in [3.8, 4) is 0 Å². The van der Waals surface area contributed by atoms with Crippen LogP contribution in [0.15, 0.2) is 18.2 Å². The molecular formula is C15H25FN2O2. The number of anilines is 1. The Morgan fingerprint density at radius 3 is 2.65 bits per heavy atom. The summed E-state index contributed by atoms with van der Waals surface area (Å²) in [6.07, 6.45) is 0. The zero-order chi connectivity index (χ0) is 15.0. The molecule has 0 amide bonds. The van der Waals surface area contributed by atoms with Gasteiger partial charge in [0.15, 0.2) is 0 Å². The molecule has 1 atom stereocenters. The van der Waals surface area contributed by atoms with Crippen LogP contribution in [0, 0.1) is 5.82 Å². The van der Waals surface area contributed by atoms with Crippen LogP contribution in [0.3, 0.4) is 0 Å². The number of benzene rings is 1. The zero-order valence-electron chi connectivity index (χ0n) is 12.8. The van der Waals surface area contributed by atoms with Gasteiger partial charge in [-0.25, -0.2) is 4.39 Å². The Morgan fingerprint density at radius 1 is 1.30 bits per heavy atom. The number of nitrogens with zero attached hydrogens (tertiary/aromatic N) is 1. The first-order chi connectivity index (χ1) is 9.63. The van der Waals surface area contributed by atoms with Crippen molar-refractivity contribution in [2.75, 3.05) is 45.9 Å². The van der Waals surface area contributed by atoms with E-state index >= 15 is 0 Å². The molecule has 0 aromatic heterocycles. The van der Waals surface area contributed by atoms with Crippen LogP contribution in [0.1, 0.15) is 12.5 Å². The highest BCUT2D eigenvalue weighted by molar-refractivity contribution is 5.54. The maximum absolute atomic E-state index is 13.4. The van der Waals surface area contributed by atoms with Crippen molar-refractivity contribution in [2.45, 2.75) is 19.5 Å². The quantitative estimate of drug-likeness (QED) is 0.752. The highest BCUT2D eigenvalue weighted by atomic mass is 19.1. The first-order valence-electron chi connectivity index (χ1n) is 6.81. The van der Waals surface area contributed by atoms with Gasteiger partial charge >= 0.3 is 0 Å². The summed E-state index contributed by atoms with van der Waals surface area (Å²) >= 11 is 0. The second kappa shape index (κ2) is 8.89. The van der Waals surface area contributed by atoms with Crippen molar-refractivity contribution in [3.63, 3.8) is 0 Å². The number of ether oxygens (including phenoxy) is 2. The van der Waals surface area contributed by atoms with Gasteiger partial charge < -0.3 is 19.7 Å². The zero-order valence-corrected chi connectivity index (χ0v) is 12.8. The summed E-state index contributed by atoms with van der Waals surface area (Å²) in [6, 6.07) is 5.08. The van der Waals surface area contributed by atoms with Crippen molar-refractivity contribution in [3.05, 3.63) is 29.6 Å². The van der Waals surface area contributed by atoms with Gasteiger partial charge in [-0.15, -0.1) is 0 Å². The fourth-order valence-corrected chi connectivity index (χ4v) is 2.27. The molecule has 0 saturated heterocycles. The van der Waals surface area contributed by atoms with E-state index in [0.29, 0.717) is 19.8 Å². The van der Waals surface area contributed by atoms with E-state index < -0.39 is 0 Å². The molecule has 1 rings (SSSR count). The van der Waals surface area contributed by atoms with Crippen molar-refractivity contribution >= 4 is 5.69 Å². The molecule has 0 aliphatic rings. The molecule has 1 aromatic rings. The second-order valence-corrected chi connectivity index (χ2v) is 4.79. The van der Waals surface area contributed by atoms with Gasteiger partial charge in [0.25, 0.3) is 0 Å². The summed E-state index contributed by atoms with van der Waals surface area (Å²) in [5.41, 5.74) is 1.95. The summed E-state index contributed by atoms with van der Waals surface area (Å²) in [6.45, 7) is 4.68. The van der Waals surface area contributed by atoms with E-state index in [4.69, 9.17) is 9.47 Å². The van der Waals surface area contributed by atoms with Gasteiger partial charge in [-0.3, -0.25) is 0 Å². The predicted molar refractivity (Wildman–Crippen MR) is 79.7 cm³/mol. The van der Waals surface area contributed by atoms with Crippen LogP contribution < -0.4 is 10.2 Å². The maximum atomic E-state index is 13.4. The Bertz CT molecular complexity index is 401. The average Bonchev–Trinajstić information content (AvgIpc) is 2.42. The van der Waals surface area contributed by atoms with Gasteiger partial charge in [0.05, 0.1) is 13.2 Å². The van der Waals surface area contributed by atoms with E-state index in [1.165, 1.54) is 6.07 Å². The number of halogens is 1. The average molecular weight is 284 g/mol. The minimum Gasteiger partial charge on any atom is -0.383 e. The number of methoxy groups -OCH3 is 2. The van der Waals surface area contributed by atoms with Crippen LogP contribution in [0.5, 0.6) is 0 Å². The standard InChI is InChI=1S/C15H25FN2O2/c1-12(11-20-4)18(7-8-19-3)15-6-5-14(16)9-13(15)10-17-2/h5-6,9,12,17H,7-8,10-11H2,1-4H3. The normalized spacial score (nSPS) is 12.4. The van der Waals surface area contributed by atoms with E-state index in [0.717, 1.165) is 17.8 Å². The monoisotopic (exact) mass is 284 g/mol. The molecular weight excluding hydrogens is 259 g/mol. The lowest BCUT2D eigenvalue weighted by Crippen LogP contribution is -2.39. The third-order valence-electron chi connectivity index (χ3n) is 3.19. The summed E-state index contributed by atoms with van der Waals surface area (Å²) in [5.74, 6) is -0.218. The minimum absolute atomic E-state index is 0.191. The number of hydrogen-bond donors (Lipinski definition) is 1. The first-order valence-corrected chi connectivity index (χ1v) is 6.81. The highest BCUT2D eigenvalue weighted by Gasteiger charge is 2.17. The molecule has 0 heterocycles. The van der Waals surface area contributed by atoms with Gasteiger partial charge in [0.1, 0.15) is 5.82 Å². The van der Waals surface area contributed by atoms with E-state index in [9.17, 15) is 4.39 Å². The highest BCUT2D eigenvalue weighted by Crippen LogP contribution is 2.24. The van der Waals surface area contributed by atoms with Crippen molar-refractivity contribution in [1.82, 2.24) is 5.32 Å². The molecule has 0 fully saturated rings. The lowest BCUT2D eigenvalue weighted by atomic mass is 10.1. The van der Waals surface area contributed by atoms with E-state index in [-0.39, 0.29) is 11.9 Å². The summed E-state index contributed by atoms with van der Waals surface area (Å²) in [7, 11) is 5.22. The molecule has 0 aliphatic heterocycles. The van der Waals surface area contributed by atoms with Crippen LogP contribution in [0.4, 0.5) is 10.1 Å². The largest absolute Gasteiger partial charge is 0.383 e. The minimum atomic E-state index is -0.218. The number of hydrogen-bond acceptors (Lipinski definition) is 4. The Morgan fingerprint density at radius 2 is 2.05 bits per heavy atom. The third kappa shape index (κ3) is 4.74. The Labute approximate surface area is 120 Å². The van der Waals surface area contributed by atoms with Crippen LogP contribution in [0.25, 0.3) is 0 Å². The van der Waals surface area contributed by atoms with Crippen LogP contribution in [-0.2, 0) is 16.0 Å². The van der Waals surface area contributed by atoms with Gasteiger partial charge in [-0.2, -0.15) is 0 Å². The smallest absolute Gasteiger partial charge is 0.123 e. The van der Waals surface area contributed by atoms with E-state index in [1.807, 2.05) is 13.1 Å². The van der Waals surface area contributed by atoms with Crippen LogP contribution in [-0.4, -0.2) is 47.1 Å². The first kappa shape index (κ1) is 16.9. The Balaban J connectivity index is 3.04. The van der Waals surface area contributed by atoms with Crippen molar-refractivity contribution < 1.29 is 13.9 Å². The molecule has 0 bridgehead atoms. The van der Waals surface area contributed by atoms with E-state index in [1.54, 1.807) is 20.3 Å². The number of rotatable bonds is 9. The van der Waals surface area contributed by atoms with Crippen molar-refractivity contribution in [2.24, 2.45) is 0 Å². The van der Waals surface area contributed by atoms with Gasteiger partial charge in [-0.05, 0) is 37.7 Å². The lowest BCUT2D eigenvalue weighted by molar-refractivity contribution is 0.171. The Kier molecular flexibility index (Phi) is 7.51. The van der Waals surface area contributed by atoms with Crippen LogP contribution >= 0.6 is 0 Å². The summed E-state index contributed by atoms with van der Waals surface area (Å²) < 4.78 is 23.9. The van der Waals surface area contributed by atoms with Crippen LogP contribution in [0.2, 0.25) is 0 Å². The molecule has 4 nitrogen and oxygen atoms in total. The molecule has 20 heavy (non-hydrogen) atoms. The fourth-order valence-electron chi connectivity index (χ4n) is 2.27. The molecule has 5 heteroatoms. The molecule has 1 aromatic carbocycles. The molecule has 0 aliphatic carbocycles. The topological polar surface area (TPSA) is 33.7 Å². The number of nitrogens with one attached hydrogen (secondary N) is 1.